The van der Waals surface area contributed by atoms with E-state index in [2.05, 4.69) is 44.0 Å². The Hall–Kier alpha value is -0.800. The lowest BCUT2D eigenvalue weighted by Gasteiger charge is -2.31. The highest BCUT2D eigenvalue weighted by atomic mass is 16.3. The molecule has 0 amide bonds. The van der Waals surface area contributed by atoms with Gasteiger partial charge in [0.05, 0.1) is 6.54 Å². The Labute approximate surface area is 117 Å². The standard InChI is InChI=1S/C16H28N2O/c1-5-8-17-11-15-10-14(13(2)19-15)12-18-9-6-7-16(18,3)4/h10,17H,5-9,11-12H2,1-4H3. The Balaban J connectivity index is 1.97. The van der Waals surface area contributed by atoms with Crippen molar-refractivity contribution in [3.8, 4) is 0 Å². The summed E-state index contributed by atoms with van der Waals surface area (Å²) >= 11 is 0. The van der Waals surface area contributed by atoms with Crippen molar-refractivity contribution in [2.24, 2.45) is 0 Å². The fourth-order valence-corrected chi connectivity index (χ4v) is 2.88. The van der Waals surface area contributed by atoms with Gasteiger partial charge in [-0.05, 0) is 59.2 Å². The highest BCUT2D eigenvalue weighted by Gasteiger charge is 2.32. The van der Waals surface area contributed by atoms with E-state index in [9.17, 15) is 0 Å². The summed E-state index contributed by atoms with van der Waals surface area (Å²) in [4.78, 5) is 2.58. The van der Waals surface area contributed by atoms with Crippen molar-refractivity contribution in [2.75, 3.05) is 13.1 Å². The van der Waals surface area contributed by atoms with Crippen LogP contribution >= 0.6 is 0 Å². The summed E-state index contributed by atoms with van der Waals surface area (Å²) in [6.07, 6.45) is 3.78. The summed E-state index contributed by atoms with van der Waals surface area (Å²) in [5.74, 6) is 2.15. The Morgan fingerprint density at radius 3 is 2.84 bits per heavy atom. The molecule has 0 aliphatic carbocycles. The second-order valence-corrected chi connectivity index (χ2v) is 6.31. The summed E-state index contributed by atoms with van der Waals surface area (Å²) in [5.41, 5.74) is 1.69. The molecule has 19 heavy (non-hydrogen) atoms. The maximum absolute atomic E-state index is 5.85. The van der Waals surface area contributed by atoms with Gasteiger partial charge in [-0.1, -0.05) is 6.92 Å². The molecule has 1 aliphatic rings. The van der Waals surface area contributed by atoms with Gasteiger partial charge in [-0.3, -0.25) is 4.90 Å². The molecule has 0 aromatic carbocycles. The van der Waals surface area contributed by atoms with Crippen molar-refractivity contribution < 1.29 is 4.42 Å². The summed E-state index contributed by atoms with van der Waals surface area (Å²) in [6, 6.07) is 2.23. The van der Waals surface area contributed by atoms with Crippen LogP contribution in [-0.4, -0.2) is 23.5 Å². The van der Waals surface area contributed by atoms with E-state index in [0.717, 1.165) is 37.6 Å². The molecule has 1 saturated heterocycles. The number of likely N-dealkylation sites (tertiary alicyclic amines) is 1. The Kier molecular flexibility index (Phi) is 4.69. The number of aryl methyl sites for hydroxylation is 1. The molecule has 3 nitrogen and oxygen atoms in total. The van der Waals surface area contributed by atoms with Crippen molar-refractivity contribution >= 4 is 0 Å². The fourth-order valence-electron chi connectivity index (χ4n) is 2.88. The predicted octanol–water partition coefficient (Wildman–Crippen LogP) is 3.46. The second kappa shape index (κ2) is 6.10. The molecule has 3 heteroatoms. The van der Waals surface area contributed by atoms with Crippen LogP contribution in [0.3, 0.4) is 0 Å². The van der Waals surface area contributed by atoms with Crippen LogP contribution in [0.5, 0.6) is 0 Å². The quantitative estimate of drug-likeness (QED) is 0.798. The summed E-state index contributed by atoms with van der Waals surface area (Å²) in [7, 11) is 0. The molecule has 1 aromatic rings. The van der Waals surface area contributed by atoms with Gasteiger partial charge in [-0.2, -0.15) is 0 Å². The van der Waals surface area contributed by atoms with Crippen LogP contribution in [0.1, 0.15) is 57.1 Å². The van der Waals surface area contributed by atoms with E-state index in [1.165, 1.54) is 24.9 Å². The van der Waals surface area contributed by atoms with Crippen LogP contribution in [0.25, 0.3) is 0 Å². The largest absolute Gasteiger partial charge is 0.465 e. The van der Waals surface area contributed by atoms with Gasteiger partial charge in [0, 0.05) is 17.6 Å². The normalized spacial score (nSPS) is 19.2. The molecule has 1 N–H and O–H groups in total. The Morgan fingerprint density at radius 1 is 1.42 bits per heavy atom. The molecule has 1 aliphatic heterocycles. The van der Waals surface area contributed by atoms with E-state index in [4.69, 9.17) is 4.42 Å². The fraction of sp³-hybridized carbons (Fsp3) is 0.750. The van der Waals surface area contributed by atoms with Gasteiger partial charge >= 0.3 is 0 Å². The predicted molar refractivity (Wildman–Crippen MR) is 79.2 cm³/mol. The number of hydrogen-bond acceptors (Lipinski definition) is 3. The number of furan rings is 1. The lowest BCUT2D eigenvalue weighted by molar-refractivity contribution is 0.166. The van der Waals surface area contributed by atoms with Crippen LogP contribution in [0.15, 0.2) is 10.5 Å². The van der Waals surface area contributed by atoms with Crippen LogP contribution < -0.4 is 5.32 Å². The Morgan fingerprint density at radius 2 is 2.21 bits per heavy atom. The molecule has 2 rings (SSSR count). The summed E-state index contributed by atoms with van der Waals surface area (Å²) < 4.78 is 5.85. The first-order valence-electron chi connectivity index (χ1n) is 7.57. The topological polar surface area (TPSA) is 28.4 Å². The van der Waals surface area contributed by atoms with Gasteiger partial charge in [-0.15, -0.1) is 0 Å². The molecule has 0 radical (unpaired) electrons. The number of nitrogens with one attached hydrogen (secondary N) is 1. The van der Waals surface area contributed by atoms with E-state index in [1.54, 1.807) is 0 Å². The zero-order valence-electron chi connectivity index (χ0n) is 12.9. The molecular formula is C16H28N2O. The van der Waals surface area contributed by atoms with Gasteiger partial charge in [0.15, 0.2) is 0 Å². The molecule has 1 fully saturated rings. The number of nitrogens with zero attached hydrogens (tertiary/aromatic N) is 1. The van der Waals surface area contributed by atoms with Crippen molar-refractivity contribution in [3.63, 3.8) is 0 Å². The highest BCUT2D eigenvalue weighted by Crippen LogP contribution is 2.30. The SMILES string of the molecule is CCCNCc1cc(CN2CCCC2(C)C)c(C)o1. The van der Waals surface area contributed by atoms with E-state index in [-0.39, 0.29) is 0 Å². The van der Waals surface area contributed by atoms with Crippen LogP contribution in [0, 0.1) is 6.92 Å². The van der Waals surface area contributed by atoms with E-state index in [0.29, 0.717) is 5.54 Å². The third-order valence-electron chi connectivity index (χ3n) is 4.23. The van der Waals surface area contributed by atoms with Gasteiger partial charge in [0.1, 0.15) is 11.5 Å². The second-order valence-electron chi connectivity index (χ2n) is 6.31. The highest BCUT2D eigenvalue weighted by molar-refractivity contribution is 5.21. The molecule has 1 aromatic heterocycles. The maximum atomic E-state index is 5.85. The van der Waals surface area contributed by atoms with Crippen LogP contribution in [0.4, 0.5) is 0 Å². The monoisotopic (exact) mass is 264 g/mol. The lowest BCUT2D eigenvalue weighted by Crippen LogP contribution is -2.37. The molecule has 108 valence electrons. The smallest absolute Gasteiger partial charge is 0.118 e. The molecule has 0 bridgehead atoms. The third kappa shape index (κ3) is 3.61. The molecule has 0 saturated carbocycles. The molecule has 0 atom stereocenters. The zero-order chi connectivity index (χ0) is 13.9. The minimum Gasteiger partial charge on any atom is -0.465 e. The summed E-state index contributed by atoms with van der Waals surface area (Å²) in [6.45, 7) is 13.1. The van der Waals surface area contributed by atoms with Crippen molar-refractivity contribution in [3.05, 3.63) is 23.2 Å². The van der Waals surface area contributed by atoms with Gasteiger partial charge in [-0.25, -0.2) is 0 Å². The van der Waals surface area contributed by atoms with E-state index < -0.39 is 0 Å². The minimum atomic E-state index is 0.338. The minimum absolute atomic E-state index is 0.338. The average molecular weight is 264 g/mol. The van der Waals surface area contributed by atoms with Gasteiger partial charge in [0.2, 0.25) is 0 Å². The summed E-state index contributed by atoms with van der Waals surface area (Å²) in [5, 5.41) is 3.39. The Bertz CT molecular complexity index is 409. The molecular weight excluding hydrogens is 236 g/mol. The number of rotatable bonds is 6. The van der Waals surface area contributed by atoms with E-state index >= 15 is 0 Å². The van der Waals surface area contributed by atoms with Crippen molar-refractivity contribution in [2.45, 2.75) is 65.6 Å². The molecule has 2 heterocycles. The van der Waals surface area contributed by atoms with Gasteiger partial charge < -0.3 is 9.73 Å². The first-order valence-corrected chi connectivity index (χ1v) is 7.57. The maximum Gasteiger partial charge on any atom is 0.118 e. The van der Waals surface area contributed by atoms with Crippen molar-refractivity contribution in [1.29, 1.82) is 0 Å². The third-order valence-corrected chi connectivity index (χ3v) is 4.23. The zero-order valence-corrected chi connectivity index (χ0v) is 12.9. The van der Waals surface area contributed by atoms with Gasteiger partial charge in [0.25, 0.3) is 0 Å². The van der Waals surface area contributed by atoms with E-state index in [1.807, 2.05) is 0 Å². The van der Waals surface area contributed by atoms with Crippen molar-refractivity contribution in [1.82, 2.24) is 10.2 Å². The van der Waals surface area contributed by atoms with Crippen LogP contribution in [-0.2, 0) is 13.1 Å². The first-order chi connectivity index (χ1) is 9.03. The lowest BCUT2D eigenvalue weighted by atomic mass is 10.0. The average Bonchev–Trinajstić information content (AvgIpc) is 2.84. The van der Waals surface area contributed by atoms with Crippen LogP contribution in [0.2, 0.25) is 0 Å². The molecule has 0 unspecified atom stereocenters. The number of hydrogen-bond donors (Lipinski definition) is 1. The first kappa shape index (κ1) is 14.6. The molecule has 0 spiro atoms.